The van der Waals surface area contributed by atoms with Crippen molar-refractivity contribution in [1.82, 2.24) is 14.8 Å². The summed E-state index contributed by atoms with van der Waals surface area (Å²) < 4.78 is 14.8. The summed E-state index contributed by atoms with van der Waals surface area (Å²) in [6.45, 7) is 3.85. The molecule has 0 aliphatic rings. The van der Waals surface area contributed by atoms with Gasteiger partial charge in [0.25, 0.3) is 5.91 Å². The van der Waals surface area contributed by atoms with E-state index in [1.807, 2.05) is 19.9 Å². The molecule has 1 N–H and O–H groups in total. The third-order valence-corrected chi connectivity index (χ3v) is 3.72. The average molecular weight is 345 g/mol. The van der Waals surface area contributed by atoms with E-state index in [2.05, 4.69) is 15.4 Å². The minimum atomic E-state index is -0.493. The molecule has 0 fully saturated rings. The molecule has 0 aliphatic heterocycles. The summed E-state index contributed by atoms with van der Waals surface area (Å²) >= 11 is 5.89. The van der Waals surface area contributed by atoms with Crippen molar-refractivity contribution in [2.45, 2.75) is 13.8 Å². The van der Waals surface area contributed by atoms with Gasteiger partial charge in [-0.05, 0) is 50.2 Å². The van der Waals surface area contributed by atoms with Crippen LogP contribution in [0.5, 0.6) is 0 Å². The second-order valence-corrected chi connectivity index (χ2v) is 5.73. The molecule has 3 rings (SSSR count). The number of carbonyl (C=O) groups excluding carboxylic acids is 1. The van der Waals surface area contributed by atoms with E-state index in [4.69, 9.17) is 11.6 Å². The van der Waals surface area contributed by atoms with Gasteiger partial charge in [0.15, 0.2) is 5.82 Å². The standard InChI is InChI=1S/C17H14ClFN4O/c1-10-7-11(2)23(22-10)16-6-4-13(9-20-16)21-17(24)14-5-3-12(19)8-15(14)18/h3-9H,1-2H3,(H,21,24). The fourth-order valence-corrected chi connectivity index (χ4v) is 2.57. The number of amides is 1. The molecule has 0 saturated carbocycles. The Kier molecular flexibility index (Phi) is 4.31. The molecule has 0 spiro atoms. The highest BCUT2D eigenvalue weighted by molar-refractivity contribution is 6.34. The molecule has 0 aliphatic carbocycles. The third-order valence-electron chi connectivity index (χ3n) is 3.41. The van der Waals surface area contributed by atoms with Gasteiger partial charge in [-0.2, -0.15) is 5.10 Å². The summed E-state index contributed by atoms with van der Waals surface area (Å²) in [4.78, 5) is 16.5. The lowest BCUT2D eigenvalue weighted by molar-refractivity contribution is 0.102. The van der Waals surface area contributed by atoms with Crippen molar-refractivity contribution in [2.24, 2.45) is 0 Å². The SMILES string of the molecule is Cc1cc(C)n(-c2ccc(NC(=O)c3ccc(F)cc3Cl)cn2)n1. The predicted molar refractivity (Wildman–Crippen MR) is 90.2 cm³/mol. The quantitative estimate of drug-likeness (QED) is 0.783. The Labute approximate surface area is 143 Å². The van der Waals surface area contributed by atoms with E-state index >= 15 is 0 Å². The number of anilines is 1. The van der Waals surface area contributed by atoms with Crippen molar-refractivity contribution >= 4 is 23.2 Å². The van der Waals surface area contributed by atoms with Gasteiger partial charge in [-0.15, -0.1) is 0 Å². The largest absolute Gasteiger partial charge is 0.321 e. The molecule has 122 valence electrons. The van der Waals surface area contributed by atoms with Crippen LogP contribution in [0.3, 0.4) is 0 Å². The van der Waals surface area contributed by atoms with Crippen molar-refractivity contribution in [2.75, 3.05) is 5.32 Å². The Bertz CT molecular complexity index is 905. The topological polar surface area (TPSA) is 59.8 Å². The first-order chi connectivity index (χ1) is 11.4. The normalized spacial score (nSPS) is 10.7. The van der Waals surface area contributed by atoms with Crippen molar-refractivity contribution in [3.8, 4) is 5.82 Å². The highest BCUT2D eigenvalue weighted by atomic mass is 35.5. The van der Waals surface area contributed by atoms with Crippen LogP contribution in [-0.4, -0.2) is 20.7 Å². The van der Waals surface area contributed by atoms with E-state index in [9.17, 15) is 9.18 Å². The Morgan fingerprint density at radius 1 is 1.21 bits per heavy atom. The summed E-state index contributed by atoms with van der Waals surface area (Å²) in [5.41, 5.74) is 2.57. The lowest BCUT2D eigenvalue weighted by atomic mass is 10.2. The first-order valence-electron chi connectivity index (χ1n) is 7.20. The van der Waals surface area contributed by atoms with Crippen LogP contribution in [0, 0.1) is 19.7 Å². The molecule has 1 aromatic carbocycles. The zero-order valence-electron chi connectivity index (χ0n) is 13.0. The number of pyridine rings is 1. The fourth-order valence-electron chi connectivity index (χ4n) is 2.32. The lowest BCUT2D eigenvalue weighted by Gasteiger charge is -2.08. The number of carbonyl (C=O) groups is 1. The molecule has 5 nitrogen and oxygen atoms in total. The van der Waals surface area contributed by atoms with Crippen LogP contribution in [0.25, 0.3) is 5.82 Å². The van der Waals surface area contributed by atoms with Gasteiger partial charge in [-0.1, -0.05) is 11.6 Å². The molecule has 1 amide bonds. The van der Waals surface area contributed by atoms with Gasteiger partial charge in [-0.3, -0.25) is 4.79 Å². The van der Waals surface area contributed by atoms with Crippen LogP contribution in [0.15, 0.2) is 42.6 Å². The number of hydrogen-bond donors (Lipinski definition) is 1. The maximum atomic E-state index is 13.0. The van der Waals surface area contributed by atoms with Crippen molar-refractivity contribution < 1.29 is 9.18 Å². The van der Waals surface area contributed by atoms with Gasteiger partial charge in [0, 0.05) is 5.69 Å². The average Bonchev–Trinajstić information content (AvgIpc) is 2.86. The van der Waals surface area contributed by atoms with Crippen LogP contribution >= 0.6 is 11.6 Å². The van der Waals surface area contributed by atoms with Crippen molar-refractivity contribution in [1.29, 1.82) is 0 Å². The Morgan fingerprint density at radius 2 is 2.00 bits per heavy atom. The number of nitrogens with one attached hydrogen (secondary N) is 1. The number of hydrogen-bond acceptors (Lipinski definition) is 3. The van der Waals surface area contributed by atoms with E-state index in [1.165, 1.54) is 18.3 Å². The van der Waals surface area contributed by atoms with Gasteiger partial charge in [0.05, 0.1) is 28.2 Å². The second kappa shape index (κ2) is 6.41. The third kappa shape index (κ3) is 3.28. The van der Waals surface area contributed by atoms with E-state index < -0.39 is 11.7 Å². The molecular formula is C17H14ClFN4O. The molecule has 0 radical (unpaired) electrons. The highest BCUT2D eigenvalue weighted by Gasteiger charge is 2.12. The minimum Gasteiger partial charge on any atom is -0.321 e. The lowest BCUT2D eigenvalue weighted by Crippen LogP contribution is -2.13. The van der Waals surface area contributed by atoms with E-state index in [1.54, 1.807) is 16.8 Å². The molecule has 24 heavy (non-hydrogen) atoms. The van der Waals surface area contributed by atoms with Crippen LogP contribution in [-0.2, 0) is 0 Å². The number of halogens is 2. The van der Waals surface area contributed by atoms with Gasteiger partial charge in [0.1, 0.15) is 5.82 Å². The molecular weight excluding hydrogens is 331 g/mol. The molecule has 0 unspecified atom stereocenters. The summed E-state index contributed by atoms with van der Waals surface area (Å²) in [6.07, 6.45) is 1.53. The Balaban J connectivity index is 1.79. The van der Waals surface area contributed by atoms with E-state index in [0.717, 1.165) is 17.5 Å². The Morgan fingerprint density at radius 3 is 2.58 bits per heavy atom. The van der Waals surface area contributed by atoms with Crippen LogP contribution in [0.2, 0.25) is 5.02 Å². The summed E-state index contributed by atoms with van der Waals surface area (Å²) in [5, 5.41) is 7.09. The first-order valence-corrected chi connectivity index (χ1v) is 7.58. The van der Waals surface area contributed by atoms with Crippen LogP contribution in [0.1, 0.15) is 21.7 Å². The molecule has 0 atom stereocenters. The van der Waals surface area contributed by atoms with Crippen LogP contribution < -0.4 is 5.32 Å². The van der Waals surface area contributed by atoms with E-state index in [0.29, 0.717) is 11.5 Å². The highest BCUT2D eigenvalue weighted by Crippen LogP contribution is 2.19. The zero-order chi connectivity index (χ0) is 17.3. The number of rotatable bonds is 3. The van der Waals surface area contributed by atoms with E-state index in [-0.39, 0.29) is 10.6 Å². The summed E-state index contributed by atoms with van der Waals surface area (Å²) in [7, 11) is 0. The number of nitrogens with zero attached hydrogens (tertiary/aromatic N) is 3. The van der Waals surface area contributed by atoms with Gasteiger partial charge in [0.2, 0.25) is 0 Å². The maximum Gasteiger partial charge on any atom is 0.257 e. The number of benzene rings is 1. The molecule has 2 aromatic heterocycles. The maximum absolute atomic E-state index is 13.0. The van der Waals surface area contributed by atoms with Crippen LogP contribution in [0.4, 0.5) is 10.1 Å². The summed E-state index contributed by atoms with van der Waals surface area (Å²) in [5.74, 6) is -0.272. The van der Waals surface area contributed by atoms with Gasteiger partial charge in [-0.25, -0.2) is 14.1 Å². The molecule has 2 heterocycles. The summed E-state index contributed by atoms with van der Waals surface area (Å²) in [6, 6.07) is 9.04. The first kappa shape index (κ1) is 16.1. The molecule has 7 heteroatoms. The monoisotopic (exact) mass is 344 g/mol. The molecule has 3 aromatic rings. The molecule has 0 bridgehead atoms. The predicted octanol–water partition coefficient (Wildman–Crippen LogP) is 3.93. The zero-order valence-corrected chi connectivity index (χ0v) is 13.8. The van der Waals surface area contributed by atoms with Gasteiger partial charge >= 0.3 is 0 Å². The number of aromatic nitrogens is 3. The second-order valence-electron chi connectivity index (χ2n) is 5.32. The number of aryl methyl sites for hydroxylation is 2. The van der Waals surface area contributed by atoms with Gasteiger partial charge < -0.3 is 5.32 Å². The minimum absolute atomic E-state index is 0.0553. The Hall–Kier alpha value is -2.73. The smallest absolute Gasteiger partial charge is 0.257 e. The van der Waals surface area contributed by atoms with Crippen molar-refractivity contribution in [3.05, 3.63) is 70.4 Å². The fraction of sp³-hybridized carbons (Fsp3) is 0.118. The molecule has 0 saturated heterocycles. The van der Waals surface area contributed by atoms with Crippen molar-refractivity contribution in [3.63, 3.8) is 0 Å².